The molecule has 0 aliphatic heterocycles. The van der Waals surface area contributed by atoms with Gasteiger partial charge in [0.05, 0.1) is 11.1 Å². The predicted octanol–water partition coefficient (Wildman–Crippen LogP) is 4.69. The van der Waals surface area contributed by atoms with E-state index in [2.05, 4.69) is 12.2 Å². The van der Waals surface area contributed by atoms with Crippen molar-refractivity contribution in [2.45, 2.75) is 53.0 Å². The third-order valence-corrected chi connectivity index (χ3v) is 4.48. The molecule has 2 rings (SSSR count). The Bertz CT molecular complexity index is 768. The number of benzene rings is 2. The third-order valence-electron chi connectivity index (χ3n) is 4.48. The van der Waals surface area contributed by atoms with Crippen molar-refractivity contribution in [3.8, 4) is 22.6 Å². The highest BCUT2D eigenvalue weighted by Gasteiger charge is 2.23. The van der Waals surface area contributed by atoms with Crippen molar-refractivity contribution in [3.05, 3.63) is 47.0 Å². The van der Waals surface area contributed by atoms with Gasteiger partial charge in [-0.1, -0.05) is 50.1 Å². The van der Waals surface area contributed by atoms with Gasteiger partial charge in [0.15, 0.2) is 0 Å². The second-order valence-corrected chi connectivity index (χ2v) is 6.55. The standard InChI is InChI=1S/C21H27NO3/c1-5-8-16(6-2)22-21(25)18-14(4)12-17(23)19(20(18)24)15-10-7-9-13(3)11-15/h7,9-12,16,23-24H,5-6,8H2,1-4H3,(H,22,25). The van der Waals surface area contributed by atoms with E-state index < -0.39 is 0 Å². The molecule has 0 spiro atoms. The molecule has 0 radical (unpaired) electrons. The molecule has 3 N–H and O–H groups in total. The number of rotatable bonds is 6. The van der Waals surface area contributed by atoms with Crippen LogP contribution in [-0.2, 0) is 0 Å². The summed E-state index contributed by atoms with van der Waals surface area (Å²) in [5, 5.41) is 24.1. The molecule has 0 aliphatic carbocycles. The molecule has 0 saturated carbocycles. The van der Waals surface area contributed by atoms with Gasteiger partial charge in [-0.25, -0.2) is 0 Å². The number of carbonyl (C=O) groups is 1. The minimum absolute atomic E-state index is 0.0299. The SMILES string of the molecule is CCCC(CC)NC(=O)c1c(C)cc(O)c(-c2cccc(C)c2)c1O. The van der Waals surface area contributed by atoms with Gasteiger partial charge >= 0.3 is 0 Å². The van der Waals surface area contributed by atoms with Crippen LogP contribution in [0.25, 0.3) is 11.1 Å². The highest BCUT2D eigenvalue weighted by atomic mass is 16.3. The maximum atomic E-state index is 12.7. The molecule has 1 amide bonds. The Morgan fingerprint density at radius 1 is 1.16 bits per heavy atom. The highest BCUT2D eigenvalue weighted by Crippen LogP contribution is 2.41. The van der Waals surface area contributed by atoms with Crippen LogP contribution in [0.4, 0.5) is 0 Å². The van der Waals surface area contributed by atoms with Crippen LogP contribution >= 0.6 is 0 Å². The summed E-state index contributed by atoms with van der Waals surface area (Å²) < 4.78 is 0. The molecule has 2 aromatic carbocycles. The number of hydrogen-bond donors (Lipinski definition) is 3. The lowest BCUT2D eigenvalue weighted by atomic mass is 9.95. The van der Waals surface area contributed by atoms with Crippen molar-refractivity contribution >= 4 is 5.91 Å². The summed E-state index contributed by atoms with van der Waals surface area (Å²) >= 11 is 0. The van der Waals surface area contributed by atoms with Crippen molar-refractivity contribution < 1.29 is 15.0 Å². The second-order valence-electron chi connectivity index (χ2n) is 6.55. The van der Waals surface area contributed by atoms with Gasteiger partial charge in [-0.05, 0) is 43.9 Å². The lowest BCUT2D eigenvalue weighted by molar-refractivity contribution is 0.0930. The van der Waals surface area contributed by atoms with E-state index in [1.807, 2.05) is 38.1 Å². The van der Waals surface area contributed by atoms with E-state index in [1.54, 1.807) is 6.92 Å². The normalized spacial score (nSPS) is 12.0. The van der Waals surface area contributed by atoms with Crippen molar-refractivity contribution in [1.82, 2.24) is 5.32 Å². The monoisotopic (exact) mass is 341 g/mol. The van der Waals surface area contributed by atoms with Gasteiger partial charge in [-0.3, -0.25) is 4.79 Å². The topological polar surface area (TPSA) is 69.6 Å². The van der Waals surface area contributed by atoms with E-state index in [-0.39, 0.29) is 29.0 Å². The molecule has 134 valence electrons. The number of hydrogen-bond acceptors (Lipinski definition) is 3. The lowest BCUT2D eigenvalue weighted by Crippen LogP contribution is -2.34. The Morgan fingerprint density at radius 3 is 2.48 bits per heavy atom. The van der Waals surface area contributed by atoms with Gasteiger partial charge in [0.25, 0.3) is 5.91 Å². The predicted molar refractivity (Wildman–Crippen MR) is 101 cm³/mol. The van der Waals surface area contributed by atoms with Crippen molar-refractivity contribution in [3.63, 3.8) is 0 Å². The van der Waals surface area contributed by atoms with Crippen LogP contribution in [0.3, 0.4) is 0 Å². The fourth-order valence-corrected chi connectivity index (χ4v) is 3.14. The molecule has 2 aromatic rings. The summed E-state index contributed by atoms with van der Waals surface area (Å²) in [6, 6.07) is 9.09. The Kier molecular flexibility index (Phi) is 6.07. The molecule has 0 fully saturated rings. The molecule has 4 nitrogen and oxygen atoms in total. The summed E-state index contributed by atoms with van der Waals surface area (Å²) in [7, 11) is 0. The molecule has 1 unspecified atom stereocenters. The lowest BCUT2D eigenvalue weighted by Gasteiger charge is -2.19. The zero-order valence-corrected chi connectivity index (χ0v) is 15.4. The van der Waals surface area contributed by atoms with Gasteiger partial charge < -0.3 is 15.5 Å². The number of phenols is 2. The van der Waals surface area contributed by atoms with Gasteiger partial charge in [0, 0.05) is 6.04 Å². The Labute approximate surface area is 149 Å². The zero-order valence-electron chi connectivity index (χ0n) is 15.4. The first-order chi connectivity index (χ1) is 11.9. The van der Waals surface area contributed by atoms with Crippen molar-refractivity contribution in [2.24, 2.45) is 0 Å². The van der Waals surface area contributed by atoms with E-state index in [1.165, 1.54) is 6.07 Å². The van der Waals surface area contributed by atoms with Crippen LogP contribution in [0.2, 0.25) is 0 Å². The second kappa shape index (κ2) is 8.06. The molecule has 1 atom stereocenters. The quantitative estimate of drug-likeness (QED) is 0.714. The van der Waals surface area contributed by atoms with Gasteiger partial charge in [-0.2, -0.15) is 0 Å². The Balaban J connectivity index is 2.49. The Hall–Kier alpha value is -2.49. The molecular weight excluding hydrogens is 314 g/mol. The van der Waals surface area contributed by atoms with Crippen LogP contribution in [0.1, 0.15) is 54.6 Å². The van der Waals surface area contributed by atoms with E-state index >= 15 is 0 Å². The molecule has 0 aromatic heterocycles. The number of nitrogens with one attached hydrogen (secondary N) is 1. The molecule has 0 saturated heterocycles. The fraction of sp³-hybridized carbons (Fsp3) is 0.381. The summed E-state index contributed by atoms with van der Waals surface area (Å²) in [6.07, 6.45) is 2.71. The van der Waals surface area contributed by atoms with E-state index in [9.17, 15) is 15.0 Å². The van der Waals surface area contributed by atoms with Crippen LogP contribution in [0.15, 0.2) is 30.3 Å². The number of carbonyl (C=O) groups excluding carboxylic acids is 1. The van der Waals surface area contributed by atoms with Crippen LogP contribution in [0.5, 0.6) is 11.5 Å². The van der Waals surface area contributed by atoms with Gasteiger partial charge in [-0.15, -0.1) is 0 Å². The summed E-state index contributed by atoms with van der Waals surface area (Å²) in [6.45, 7) is 7.77. The minimum atomic E-state index is -0.302. The number of aryl methyl sites for hydroxylation is 2. The number of amides is 1. The molecule has 0 heterocycles. The minimum Gasteiger partial charge on any atom is -0.507 e. The first-order valence-corrected chi connectivity index (χ1v) is 8.82. The van der Waals surface area contributed by atoms with E-state index in [0.29, 0.717) is 16.7 Å². The first kappa shape index (κ1) is 18.8. The average Bonchev–Trinajstić information content (AvgIpc) is 2.54. The maximum absolute atomic E-state index is 12.7. The van der Waals surface area contributed by atoms with Crippen LogP contribution in [-0.4, -0.2) is 22.2 Å². The summed E-state index contributed by atoms with van der Waals surface area (Å²) in [5.41, 5.74) is 2.77. The van der Waals surface area contributed by atoms with Crippen molar-refractivity contribution in [2.75, 3.05) is 0 Å². The van der Waals surface area contributed by atoms with Crippen LogP contribution < -0.4 is 5.32 Å². The average molecular weight is 341 g/mol. The highest BCUT2D eigenvalue weighted by molar-refractivity contribution is 6.01. The summed E-state index contributed by atoms with van der Waals surface area (Å²) in [5.74, 6) is -0.506. The molecule has 25 heavy (non-hydrogen) atoms. The van der Waals surface area contributed by atoms with Gasteiger partial charge in [0.1, 0.15) is 11.5 Å². The third kappa shape index (κ3) is 4.13. The maximum Gasteiger partial charge on any atom is 0.255 e. The Morgan fingerprint density at radius 2 is 1.88 bits per heavy atom. The van der Waals surface area contributed by atoms with E-state index in [4.69, 9.17) is 0 Å². The molecule has 4 heteroatoms. The van der Waals surface area contributed by atoms with Gasteiger partial charge in [0.2, 0.25) is 0 Å². The molecule has 0 aliphatic rings. The van der Waals surface area contributed by atoms with E-state index in [0.717, 1.165) is 24.8 Å². The van der Waals surface area contributed by atoms with Crippen molar-refractivity contribution in [1.29, 1.82) is 0 Å². The number of phenolic OH excluding ortho intramolecular Hbond substituents is 2. The fourth-order valence-electron chi connectivity index (χ4n) is 3.14. The summed E-state index contributed by atoms with van der Waals surface area (Å²) in [4.78, 5) is 12.7. The first-order valence-electron chi connectivity index (χ1n) is 8.82. The number of aromatic hydroxyl groups is 2. The zero-order chi connectivity index (χ0) is 18.6. The van der Waals surface area contributed by atoms with Crippen LogP contribution in [0, 0.1) is 13.8 Å². The molecular formula is C21H27NO3. The largest absolute Gasteiger partial charge is 0.507 e. The molecule has 0 bridgehead atoms. The smallest absolute Gasteiger partial charge is 0.255 e.